The van der Waals surface area contributed by atoms with Gasteiger partial charge in [0.05, 0.1) is 5.25 Å². The van der Waals surface area contributed by atoms with Crippen molar-refractivity contribution in [3.8, 4) is 0 Å². The Balaban J connectivity index is 2.50. The molecule has 1 atom stereocenters. The summed E-state index contributed by atoms with van der Waals surface area (Å²) in [6.07, 6.45) is 2.96. The second-order valence-electron chi connectivity index (χ2n) is 4.11. The first-order valence-electron chi connectivity index (χ1n) is 6.37. The van der Waals surface area contributed by atoms with E-state index in [1.807, 2.05) is 31.2 Å². The van der Waals surface area contributed by atoms with Crippen LogP contribution in [-0.4, -0.2) is 17.7 Å². The van der Waals surface area contributed by atoms with Gasteiger partial charge in [0.2, 0.25) is 5.91 Å². The fourth-order valence-corrected chi connectivity index (χ4v) is 2.61. The van der Waals surface area contributed by atoms with Crippen LogP contribution in [0.4, 0.5) is 0 Å². The van der Waals surface area contributed by atoms with Gasteiger partial charge in [0.1, 0.15) is 0 Å². The fourth-order valence-electron chi connectivity index (χ4n) is 1.50. The largest absolute Gasteiger partial charge is 0.355 e. The summed E-state index contributed by atoms with van der Waals surface area (Å²) in [7, 11) is 0. The number of unbranched alkanes of at least 4 members (excludes halogenated alkanes) is 1. The number of thioether (sulfide) groups is 1. The highest BCUT2D eigenvalue weighted by atomic mass is 35.5. The predicted octanol–water partition coefficient (Wildman–Crippen LogP) is 4.13. The van der Waals surface area contributed by atoms with Crippen molar-refractivity contribution < 1.29 is 4.79 Å². The maximum absolute atomic E-state index is 12.0. The molecule has 0 aliphatic carbocycles. The molecule has 0 fully saturated rings. The van der Waals surface area contributed by atoms with Crippen molar-refractivity contribution in [2.75, 3.05) is 6.54 Å². The monoisotopic (exact) mass is 285 g/mol. The first kappa shape index (κ1) is 15.4. The van der Waals surface area contributed by atoms with E-state index in [9.17, 15) is 4.79 Å². The molecule has 0 aliphatic heterocycles. The second kappa shape index (κ2) is 8.44. The minimum Gasteiger partial charge on any atom is -0.355 e. The summed E-state index contributed by atoms with van der Waals surface area (Å²) in [5.74, 6) is 0.130. The van der Waals surface area contributed by atoms with E-state index in [1.54, 1.807) is 11.8 Å². The van der Waals surface area contributed by atoms with Gasteiger partial charge < -0.3 is 5.32 Å². The first-order valence-corrected chi connectivity index (χ1v) is 7.63. The van der Waals surface area contributed by atoms with E-state index in [0.29, 0.717) is 0 Å². The van der Waals surface area contributed by atoms with Crippen LogP contribution in [-0.2, 0) is 4.79 Å². The lowest BCUT2D eigenvalue weighted by Gasteiger charge is -2.14. The average Bonchev–Trinajstić information content (AvgIpc) is 2.38. The third-order valence-electron chi connectivity index (χ3n) is 2.58. The van der Waals surface area contributed by atoms with Crippen molar-refractivity contribution in [3.63, 3.8) is 0 Å². The zero-order valence-electron chi connectivity index (χ0n) is 10.9. The van der Waals surface area contributed by atoms with Gasteiger partial charge in [-0.15, -0.1) is 11.8 Å². The number of nitrogens with one attached hydrogen (secondary N) is 1. The Labute approximate surface area is 118 Å². The van der Waals surface area contributed by atoms with E-state index in [0.717, 1.165) is 35.7 Å². The van der Waals surface area contributed by atoms with Crippen LogP contribution in [0.25, 0.3) is 0 Å². The highest BCUT2D eigenvalue weighted by Crippen LogP contribution is 2.26. The van der Waals surface area contributed by atoms with Gasteiger partial charge in [0.15, 0.2) is 0 Å². The van der Waals surface area contributed by atoms with Crippen molar-refractivity contribution >= 4 is 29.3 Å². The molecule has 4 heteroatoms. The van der Waals surface area contributed by atoms with Crippen LogP contribution in [0.5, 0.6) is 0 Å². The van der Waals surface area contributed by atoms with Gasteiger partial charge in [0, 0.05) is 16.5 Å². The number of carbonyl (C=O) groups excluding carboxylic acids is 1. The average molecular weight is 286 g/mol. The molecule has 0 aliphatic rings. The Morgan fingerprint density at radius 1 is 1.33 bits per heavy atom. The second-order valence-corrected chi connectivity index (χ2v) is 5.83. The molecule has 1 N–H and O–H groups in total. The molecule has 1 rings (SSSR count). The Hall–Kier alpha value is -0.670. The van der Waals surface area contributed by atoms with Gasteiger partial charge in [0.25, 0.3) is 0 Å². The first-order chi connectivity index (χ1) is 8.67. The van der Waals surface area contributed by atoms with Gasteiger partial charge in [-0.05, 0) is 37.1 Å². The van der Waals surface area contributed by atoms with Crippen molar-refractivity contribution in [2.24, 2.45) is 0 Å². The molecule has 0 radical (unpaired) electrons. The zero-order chi connectivity index (χ0) is 13.4. The van der Waals surface area contributed by atoms with E-state index in [1.165, 1.54) is 0 Å². The molecule has 0 saturated heterocycles. The Morgan fingerprint density at radius 3 is 2.56 bits per heavy atom. The molecule has 2 nitrogen and oxygen atoms in total. The van der Waals surface area contributed by atoms with Gasteiger partial charge in [-0.2, -0.15) is 0 Å². The Kier molecular flexibility index (Phi) is 7.21. The SMILES string of the molecule is CCCCNC(=O)[C@@H](CC)Sc1ccc(Cl)cc1. The van der Waals surface area contributed by atoms with Crippen molar-refractivity contribution in [3.05, 3.63) is 29.3 Å². The minimum atomic E-state index is -0.0250. The number of hydrogen-bond acceptors (Lipinski definition) is 2. The summed E-state index contributed by atoms with van der Waals surface area (Å²) in [5, 5.41) is 3.68. The van der Waals surface area contributed by atoms with Crippen LogP contribution < -0.4 is 5.32 Å². The highest BCUT2D eigenvalue weighted by molar-refractivity contribution is 8.00. The van der Waals surface area contributed by atoms with Crippen LogP contribution >= 0.6 is 23.4 Å². The van der Waals surface area contributed by atoms with Crippen molar-refractivity contribution in [1.29, 1.82) is 0 Å². The number of hydrogen-bond donors (Lipinski definition) is 1. The number of rotatable bonds is 7. The standard InChI is InChI=1S/C14H20ClNOS/c1-3-5-10-16-14(17)13(4-2)18-12-8-6-11(15)7-9-12/h6-9,13H,3-5,10H2,1-2H3,(H,16,17)/t13-/m1/s1. The van der Waals surface area contributed by atoms with Gasteiger partial charge in [-0.25, -0.2) is 0 Å². The van der Waals surface area contributed by atoms with Gasteiger partial charge in [-0.3, -0.25) is 4.79 Å². The lowest BCUT2D eigenvalue weighted by molar-refractivity contribution is -0.120. The molecule has 0 spiro atoms. The molecule has 0 heterocycles. The zero-order valence-corrected chi connectivity index (χ0v) is 12.5. The molecule has 0 bridgehead atoms. The normalized spacial score (nSPS) is 12.2. The third kappa shape index (κ3) is 5.32. The van der Waals surface area contributed by atoms with Crippen molar-refractivity contribution in [1.82, 2.24) is 5.32 Å². The third-order valence-corrected chi connectivity index (χ3v) is 4.21. The molecular formula is C14H20ClNOS. The molecule has 0 aromatic heterocycles. The maximum atomic E-state index is 12.0. The van der Waals surface area contributed by atoms with Crippen LogP contribution in [0.1, 0.15) is 33.1 Å². The molecule has 0 unspecified atom stereocenters. The highest BCUT2D eigenvalue weighted by Gasteiger charge is 2.17. The number of benzene rings is 1. The lowest BCUT2D eigenvalue weighted by atomic mass is 10.3. The Bertz CT molecular complexity index is 367. The van der Waals surface area contributed by atoms with Crippen molar-refractivity contribution in [2.45, 2.75) is 43.3 Å². The van der Waals surface area contributed by atoms with E-state index >= 15 is 0 Å². The summed E-state index contributed by atoms with van der Waals surface area (Å²) in [4.78, 5) is 13.0. The smallest absolute Gasteiger partial charge is 0.233 e. The molecule has 18 heavy (non-hydrogen) atoms. The summed E-state index contributed by atoms with van der Waals surface area (Å²) in [5.41, 5.74) is 0. The molecule has 1 amide bonds. The molecular weight excluding hydrogens is 266 g/mol. The summed E-state index contributed by atoms with van der Waals surface area (Å²) in [6.45, 7) is 4.92. The van der Waals surface area contributed by atoms with E-state index in [-0.39, 0.29) is 11.2 Å². The number of amides is 1. The summed E-state index contributed by atoms with van der Waals surface area (Å²) in [6, 6.07) is 7.61. The topological polar surface area (TPSA) is 29.1 Å². The predicted molar refractivity (Wildman–Crippen MR) is 79.3 cm³/mol. The van der Waals surface area contributed by atoms with Crippen LogP contribution in [0.3, 0.4) is 0 Å². The molecule has 0 saturated carbocycles. The summed E-state index contributed by atoms with van der Waals surface area (Å²) >= 11 is 7.43. The minimum absolute atomic E-state index is 0.0250. The van der Waals surface area contributed by atoms with E-state index in [4.69, 9.17) is 11.6 Å². The quantitative estimate of drug-likeness (QED) is 0.603. The van der Waals surface area contributed by atoms with Crippen LogP contribution in [0.15, 0.2) is 29.2 Å². The summed E-state index contributed by atoms with van der Waals surface area (Å²) < 4.78 is 0. The molecule has 1 aromatic rings. The van der Waals surface area contributed by atoms with E-state index in [2.05, 4.69) is 12.2 Å². The van der Waals surface area contributed by atoms with Crippen LogP contribution in [0, 0.1) is 0 Å². The Morgan fingerprint density at radius 2 is 2.00 bits per heavy atom. The molecule has 100 valence electrons. The van der Waals surface area contributed by atoms with Gasteiger partial charge in [-0.1, -0.05) is 31.9 Å². The molecule has 1 aromatic carbocycles. The van der Waals surface area contributed by atoms with Gasteiger partial charge >= 0.3 is 0 Å². The lowest BCUT2D eigenvalue weighted by Crippen LogP contribution is -2.32. The van der Waals surface area contributed by atoms with E-state index < -0.39 is 0 Å². The van der Waals surface area contributed by atoms with Crippen LogP contribution in [0.2, 0.25) is 5.02 Å². The maximum Gasteiger partial charge on any atom is 0.233 e. The number of halogens is 1. The fraction of sp³-hybridized carbons (Fsp3) is 0.500. The number of carbonyl (C=O) groups is 1.